The molecule has 1 amide bonds. The third kappa shape index (κ3) is 3.40. The zero-order valence-corrected chi connectivity index (χ0v) is 14.6. The molecule has 5 nitrogen and oxygen atoms in total. The van der Waals surface area contributed by atoms with E-state index < -0.39 is 0 Å². The zero-order valence-electron chi connectivity index (χ0n) is 13.0. The second-order valence-corrected chi connectivity index (χ2v) is 6.87. The lowest BCUT2D eigenvalue weighted by Crippen LogP contribution is -2.14. The molecule has 4 rings (SSSR count). The van der Waals surface area contributed by atoms with Crippen LogP contribution in [-0.4, -0.2) is 20.7 Å². The van der Waals surface area contributed by atoms with Gasteiger partial charge in [-0.3, -0.25) is 4.79 Å². The quantitative estimate of drug-likeness (QED) is 0.583. The van der Waals surface area contributed by atoms with E-state index in [1.165, 1.54) is 0 Å². The Kier molecular flexibility index (Phi) is 4.21. The second-order valence-electron chi connectivity index (χ2n) is 5.45. The molecular weight excluding hydrogens is 356 g/mol. The van der Waals surface area contributed by atoms with Gasteiger partial charge in [0.2, 0.25) is 11.0 Å². The van der Waals surface area contributed by atoms with Gasteiger partial charge >= 0.3 is 0 Å². The molecule has 7 heteroatoms. The maximum absolute atomic E-state index is 12.2. The molecule has 25 heavy (non-hydrogen) atoms. The van der Waals surface area contributed by atoms with E-state index in [1.54, 1.807) is 34.5 Å². The van der Waals surface area contributed by atoms with Crippen LogP contribution in [-0.2, 0) is 11.2 Å². The van der Waals surface area contributed by atoms with Crippen LogP contribution in [0.1, 0.15) is 5.56 Å². The highest BCUT2D eigenvalue weighted by atomic mass is 35.5. The Morgan fingerprint density at radius 1 is 1.16 bits per heavy atom. The first-order valence-electron chi connectivity index (χ1n) is 7.63. The Hall–Kier alpha value is -2.70. The normalized spacial score (nSPS) is 10.9. The fraction of sp³-hybridized carbons (Fsp3) is 0.0556. The van der Waals surface area contributed by atoms with Crippen molar-refractivity contribution in [1.29, 1.82) is 0 Å². The number of benzene rings is 2. The first kappa shape index (κ1) is 15.8. The molecule has 2 aromatic carbocycles. The minimum atomic E-state index is -0.142. The molecule has 124 valence electrons. The number of hydrogen-bond donors (Lipinski definition) is 1. The van der Waals surface area contributed by atoms with E-state index in [0.717, 1.165) is 20.9 Å². The number of anilines is 1. The SMILES string of the molecule is O=C(Cc1ccccc1Cl)Nc1cnn(-c2nc3ccccc3s2)c1. The maximum Gasteiger partial charge on any atom is 0.228 e. The van der Waals surface area contributed by atoms with Gasteiger partial charge in [-0.1, -0.05) is 53.3 Å². The molecule has 1 N–H and O–H groups in total. The van der Waals surface area contributed by atoms with Crippen molar-refractivity contribution in [3.8, 4) is 5.13 Å². The third-order valence-electron chi connectivity index (χ3n) is 3.65. The van der Waals surface area contributed by atoms with Crippen LogP contribution in [0.3, 0.4) is 0 Å². The first-order valence-corrected chi connectivity index (χ1v) is 8.82. The number of nitrogens with one attached hydrogen (secondary N) is 1. The van der Waals surface area contributed by atoms with Crippen molar-refractivity contribution < 1.29 is 4.79 Å². The number of thiazole rings is 1. The van der Waals surface area contributed by atoms with E-state index in [4.69, 9.17) is 11.6 Å². The average molecular weight is 369 g/mol. The molecule has 2 heterocycles. The lowest BCUT2D eigenvalue weighted by atomic mass is 10.1. The number of amides is 1. The largest absolute Gasteiger partial charge is 0.323 e. The second kappa shape index (κ2) is 6.66. The zero-order chi connectivity index (χ0) is 17.2. The molecule has 0 aliphatic heterocycles. The molecule has 0 fully saturated rings. The van der Waals surface area contributed by atoms with Gasteiger partial charge in [-0.05, 0) is 23.8 Å². The molecule has 0 aliphatic rings. The van der Waals surface area contributed by atoms with Gasteiger partial charge in [0.15, 0.2) is 0 Å². The van der Waals surface area contributed by atoms with Gasteiger partial charge in [0.25, 0.3) is 0 Å². The Morgan fingerprint density at radius 2 is 1.96 bits per heavy atom. The summed E-state index contributed by atoms with van der Waals surface area (Å²) in [5.41, 5.74) is 2.35. The molecular formula is C18H13ClN4OS. The number of carbonyl (C=O) groups excluding carboxylic acids is 1. The van der Waals surface area contributed by atoms with E-state index >= 15 is 0 Å². The predicted octanol–water partition coefficient (Wildman–Crippen LogP) is 4.32. The summed E-state index contributed by atoms with van der Waals surface area (Å²) in [6, 6.07) is 15.2. The van der Waals surface area contributed by atoms with Crippen LogP contribution in [0.25, 0.3) is 15.3 Å². The van der Waals surface area contributed by atoms with Gasteiger partial charge in [-0.15, -0.1) is 0 Å². The predicted molar refractivity (Wildman–Crippen MR) is 101 cm³/mol. The summed E-state index contributed by atoms with van der Waals surface area (Å²) in [7, 11) is 0. The van der Waals surface area contributed by atoms with Crippen LogP contribution in [0.4, 0.5) is 5.69 Å². The summed E-state index contributed by atoms with van der Waals surface area (Å²) in [5.74, 6) is -0.142. The van der Waals surface area contributed by atoms with Gasteiger partial charge < -0.3 is 5.32 Å². The van der Waals surface area contributed by atoms with E-state index in [2.05, 4.69) is 15.4 Å². The lowest BCUT2D eigenvalue weighted by molar-refractivity contribution is -0.115. The fourth-order valence-corrected chi connectivity index (χ4v) is 3.57. The highest BCUT2D eigenvalue weighted by molar-refractivity contribution is 7.20. The number of fused-ring (bicyclic) bond motifs is 1. The molecule has 2 aromatic heterocycles. The summed E-state index contributed by atoms with van der Waals surface area (Å²) in [5, 5.41) is 8.46. The molecule has 0 saturated heterocycles. The van der Waals surface area contributed by atoms with Crippen molar-refractivity contribution in [3.05, 3.63) is 71.5 Å². The molecule has 0 atom stereocenters. The van der Waals surface area contributed by atoms with E-state index in [9.17, 15) is 4.79 Å². The third-order valence-corrected chi connectivity index (χ3v) is 5.05. The standard InChI is InChI=1S/C18H13ClN4OS/c19-14-6-2-1-5-12(14)9-17(24)21-13-10-20-23(11-13)18-22-15-7-3-4-8-16(15)25-18/h1-8,10-11H,9H2,(H,21,24). The Bertz CT molecular complexity index is 1020. The highest BCUT2D eigenvalue weighted by Crippen LogP contribution is 2.25. The van der Waals surface area contributed by atoms with E-state index in [-0.39, 0.29) is 12.3 Å². The van der Waals surface area contributed by atoms with Crippen molar-refractivity contribution in [2.45, 2.75) is 6.42 Å². The fourth-order valence-electron chi connectivity index (χ4n) is 2.47. The van der Waals surface area contributed by atoms with Crippen molar-refractivity contribution in [1.82, 2.24) is 14.8 Å². The van der Waals surface area contributed by atoms with Gasteiger partial charge in [0.1, 0.15) is 0 Å². The maximum atomic E-state index is 12.2. The van der Waals surface area contributed by atoms with Crippen LogP contribution in [0.5, 0.6) is 0 Å². The highest BCUT2D eigenvalue weighted by Gasteiger charge is 2.10. The smallest absolute Gasteiger partial charge is 0.228 e. The number of nitrogens with zero attached hydrogens (tertiary/aromatic N) is 3. The Balaban J connectivity index is 1.49. The van der Waals surface area contributed by atoms with Crippen LogP contribution in [0.2, 0.25) is 5.02 Å². The van der Waals surface area contributed by atoms with E-state index in [0.29, 0.717) is 10.7 Å². The number of carbonyl (C=O) groups is 1. The van der Waals surface area contributed by atoms with Gasteiger partial charge in [0, 0.05) is 5.02 Å². The minimum Gasteiger partial charge on any atom is -0.323 e. The summed E-state index contributed by atoms with van der Waals surface area (Å²) in [6.07, 6.45) is 3.57. The molecule has 0 spiro atoms. The van der Waals surface area contributed by atoms with Crippen LogP contribution < -0.4 is 5.32 Å². The summed E-state index contributed by atoms with van der Waals surface area (Å²) in [4.78, 5) is 16.7. The summed E-state index contributed by atoms with van der Waals surface area (Å²) >= 11 is 7.64. The Morgan fingerprint density at radius 3 is 2.80 bits per heavy atom. The topological polar surface area (TPSA) is 59.8 Å². The van der Waals surface area contributed by atoms with E-state index in [1.807, 2.05) is 42.5 Å². The van der Waals surface area contributed by atoms with Gasteiger partial charge in [-0.25, -0.2) is 9.67 Å². The number of aromatic nitrogens is 3. The monoisotopic (exact) mass is 368 g/mol. The number of hydrogen-bond acceptors (Lipinski definition) is 4. The molecule has 4 aromatic rings. The molecule has 0 aliphatic carbocycles. The van der Waals surface area contributed by atoms with Crippen molar-refractivity contribution in [3.63, 3.8) is 0 Å². The van der Waals surface area contributed by atoms with Gasteiger partial charge in [-0.2, -0.15) is 5.10 Å². The van der Waals surface area contributed by atoms with Crippen molar-refractivity contribution >= 4 is 44.7 Å². The summed E-state index contributed by atoms with van der Waals surface area (Å²) < 4.78 is 2.76. The molecule has 0 unspecified atom stereocenters. The summed E-state index contributed by atoms with van der Waals surface area (Å²) in [6.45, 7) is 0. The number of halogens is 1. The van der Waals surface area contributed by atoms with Gasteiger partial charge in [0.05, 0.1) is 34.7 Å². The lowest BCUT2D eigenvalue weighted by Gasteiger charge is -2.04. The molecule has 0 radical (unpaired) electrons. The first-order chi connectivity index (χ1) is 12.2. The van der Waals surface area contributed by atoms with Crippen molar-refractivity contribution in [2.24, 2.45) is 0 Å². The van der Waals surface area contributed by atoms with Crippen LogP contribution >= 0.6 is 22.9 Å². The van der Waals surface area contributed by atoms with Crippen LogP contribution in [0, 0.1) is 0 Å². The minimum absolute atomic E-state index is 0.142. The molecule has 0 saturated carbocycles. The van der Waals surface area contributed by atoms with Crippen LogP contribution in [0.15, 0.2) is 60.9 Å². The van der Waals surface area contributed by atoms with Crippen molar-refractivity contribution in [2.75, 3.05) is 5.32 Å². The average Bonchev–Trinajstić information content (AvgIpc) is 3.23. The number of rotatable bonds is 4. The Labute approximate surface area is 152 Å². The number of para-hydroxylation sites is 1. The molecule has 0 bridgehead atoms.